The Morgan fingerprint density at radius 2 is 1.84 bits per heavy atom. The highest BCUT2D eigenvalue weighted by Gasteiger charge is 2.30. The number of aromatic nitrogens is 1. The van der Waals surface area contributed by atoms with Crippen molar-refractivity contribution in [3.63, 3.8) is 0 Å². The summed E-state index contributed by atoms with van der Waals surface area (Å²) in [6, 6.07) is 5.90. The molecule has 134 valence electrons. The number of halogens is 3. The number of hydrogen-bond acceptors (Lipinski definition) is 5. The normalized spacial score (nSPS) is 16.2. The Labute approximate surface area is 143 Å². The van der Waals surface area contributed by atoms with Crippen molar-refractivity contribution in [1.29, 1.82) is 0 Å². The van der Waals surface area contributed by atoms with E-state index in [0.717, 1.165) is 44.1 Å². The van der Waals surface area contributed by atoms with Crippen LogP contribution in [0.4, 0.5) is 24.9 Å². The van der Waals surface area contributed by atoms with E-state index in [1.807, 2.05) is 12.1 Å². The lowest BCUT2D eigenvalue weighted by Gasteiger charge is -2.18. The molecular weight excluding hydrogens is 333 g/mol. The van der Waals surface area contributed by atoms with Crippen molar-refractivity contribution < 1.29 is 17.6 Å². The Morgan fingerprint density at radius 3 is 2.48 bits per heavy atom. The van der Waals surface area contributed by atoms with E-state index in [4.69, 9.17) is 4.42 Å². The molecule has 0 atom stereocenters. The topological polar surface area (TPSA) is 53.7 Å². The number of nitrogens with one attached hydrogen (secondary N) is 1. The lowest BCUT2D eigenvalue weighted by molar-refractivity contribution is -0.137. The Hall–Kier alpha value is -2.51. The number of nitrogens with zero attached hydrogens (tertiary/aromatic N) is 3. The number of hydrogen-bond donors (Lipinski definition) is 1. The van der Waals surface area contributed by atoms with Crippen molar-refractivity contribution in [2.75, 3.05) is 23.4 Å². The van der Waals surface area contributed by atoms with Crippen molar-refractivity contribution in [2.24, 2.45) is 5.10 Å². The van der Waals surface area contributed by atoms with Gasteiger partial charge in [-0.15, -0.1) is 0 Å². The zero-order chi connectivity index (χ0) is 17.7. The van der Waals surface area contributed by atoms with Gasteiger partial charge in [0.1, 0.15) is 11.6 Å². The summed E-state index contributed by atoms with van der Waals surface area (Å²) in [5.41, 5.74) is 1.79. The van der Waals surface area contributed by atoms with Crippen LogP contribution >= 0.6 is 0 Å². The summed E-state index contributed by atoms with van der Waals surface area (Å²) < 4.78 is 43.2. The summed E-state index contributed by atoms with van der Waals surface area (Å²) in [6.07, 6.45) is 2.65. The molecule has 1 N–H and O–H groups in total. The molecule has 8 heteroatoms. The molecule has 0 spiro atoms. The zero-order valence-corrected chi connectivity index (χ0v) is 13.6. The second-order valence-corrected chi connectivity index (χ2v) is 5.88. The largest absolute Gasteiger partial charge is 0.440 e. The fraction of sp³-hybridized carbons (Fsp3) is 0.412. The number of hydrazone groups is 1. The summed E-state index contributed by atoms with van der Waals surface area (Å²) in [7, 11) is 0. The Morgan fingerprint density at radius 1 is 1.08 bits per heavy atom. The number of pyridine rings is 1. The predicted octanol–water partition coefficient (Wildman–Crippen LogP) is 4.52. The van der Waals surface area contributed by atoms with Crippen LogP contribution in [0.5, 0.6) is 0 Å². The van der Waals surface area contributed by atoms with Gasteiger partial charge in [0.15, 0.2) is 5.88 Å². The average Bonchev–Trinajstić information content (AvgIpc) is 2.88. The molecule has 25 heavy (non-hydrogen) atoms. The smallest absolute Gasteiger partial charge is 0.417 e. The van der Waals surface area contributed by atoms with Crippen LogP contribution in [-0.2, 0) is 6.18 Å². The van der Waals surface area contributed by atoms with E-state index in [-0.39, 0.29) is 5.82 Å². The van der Waals surface area contributed by atoms with Gasteiger partial charge in [-0.25, -0.2) is 4.98 Å². The van der Waals surface area contributed by atoms with Crippen LogP contribution in [-0.4, -0.2) is 24.3 Å². The summed E-state index contributed by atoms with van der Waals surface area (Å²) >= 11 is 0. The van der Waals surface area contributed by atoms with Gasteiger partial charge < -0.3 is 9.32 Å². The number of anilines is 2. The van der Waals surface area contributed by atoms with E-state index >= 15 is 0 Å². The van der Waals surface area contributed by atoms with E-state index in [0.29, 0.717) is 5.76 Å². The standard InChI is InChI=1S/C17H19F3N4O/c18-17(19,20)13-5-7-15(21-11-13)23-22-12-14-6-8-16(25-14)24-9-3-1-2-4-10-24/h5-8,11-12H,1-4,9-10H2,(H,21,23)/b22-12-. The molecule has 5 nitrogen and oxygen atoms in total. The van der Waals surface area contributed by atoms with Gasteiger partial charge >= 0.3 is 6.18 Å². The minimum absolute atomic E-state index is 0.226. The first-order valence-electron chi connectivity index (χ1n) is 8.19. The minimum atomic E-state index is -4.40. The second-order valence-electron chi connectivity index (χ2n) is 5.88. The quantitative estimate of drug-likeness (QED) is 0.649. The minimum Gasteiger partial charge on any atom is -0.440 e. The Balaban J connectivity index is 1.57. The maximum absolute atomic E-state index is 12.5. The average molecular weight is 352 g/mol. The molecule has 0 aromatic carbocycles. The monoisotopic (exact) mass is 352 g/mol. The van der Waals surface area contributed by atoms with Gasteiger partial charge in [-0.1, -0.05) is 12.8 Å². The molecule has 0 amide bonds. The highest BCUT2D eigenvalue weighted by molar-refractivity contribution is 5.77. The summed E-state index contributed by atoms with van der Waals surface area (Å²) in [5.74, 6) is 1.61. The number of alkyl halides is 3. The van der Waals surface area contributed by atoms with Gasteiger partial charge in [0.05, 0.1) is 11.8 Å². The van der Waals surface area contributed by atoms with Gasteiger partial charge in [-0.05, 0) is 31.0 Å². The summed E-state index contributed by atoms with van der Waals surface area (Å²) in [6.45, 7) is 1.97. The molecule has 0 unspecified atom stereocenters. The SMILES string of the molecule is FC(F)(F)c1ccc(N/N=C\c2ccc(N3CCCCCC3)o2)nc1. The van der Waals surface area contributed by atoms with Crippen molar-refractivity contribution in [3.05, 3.63) is 41.8 Å². The first-order chi connectivity index (χ1) is 12.0. The molecule has 2 aromatic heterocycles. The molecular formula is C17H19F3N4O. The van der Waals surface area contributed by atoms with Crippen molar-refractivity contribution >= 4 is 17.9 Å². The Kier molecular flexibility index (Phi) is 5.25. The molecule has 3 heterocycles. The first-order valence-corrected chi connectivity index (χ1v) is 8.19. The third kappa shape index (κ3) is 4.74. The zero-order valence-electron chi connectivity index (χ0n) is 13.6. The number of furan rings is 1. The molecule has 1 saturated heterocycles. The third-order valence-corrected chi connectivity index (χ3v) is 3.99. The second kappa shape index (κ2) is 7.58. The lowest BCUT2D eigenvalue weighted by atomic mass is 10.2. The van der Waals surface area contributed by atoms with Crippen LogP contribution in [0.1, 0.15) is 37.0 Å². The fourth-order valence-corrected chi connectivity index (χ4v) is 2.66. The first kappa shape index (κ1) is 17.3. The van der Waals surface area contributed by atoms with E-state index in [1.165, 1.54) is 25.1 Å². The molecule has 1 aliphatic rings. The molecule has 2 aromatic rings. The predicted molar refractivity (Wildman–Crippen MR) is 89.8 cm³/mol. The van der Waals surface area contributed by atoms with Gasteiger partial charge in [0.25, 0.3) is 0 Å². The van der Waals surface area contributed by atoms with Crippen molar-refractivity contribution in [2.45, 2.75) is 31.9 Å². The maximum atomic E-state index is 12.5. The molecule has 0 saturated carbocycles. The van der Waals surface area contributed by atoms with Gasteiger partial charge in [-0.2, -0.15) is 18.3 Å². The van der Waals surface area contributed by atoms with Crippen LogP contribution in [0.3, 0.4) is 0 Å². The van der Waals surface area contributed by atoms with Crippen molar-refractivity contribution in [3.8, 4) is 0 Å². The highest BCUT2D eigenvalue weighted by Crippen LogP contribution is 2.28. The Bertz CT molecular complexity index is 701. The van der Waals surface area contributed by atoms with Crippen LogP contribution in [0.15, 0.2) is 40.0 Å². The van der Waals surface area contributed by atoms with E-state index in [2.05, 4.69) is 20.4 Å². The van der Waals surface area contributed by atoms with Crippen molar-refractivity contribution in [1.82, 2.24) is 4.98 Å². The lowest BCUT2D eigenvalue weighted by Crippen LogP contribution is -2.23. The van der Waals surface area contributed by atoms with Crippen LogP contribution < -0.4 is 10.3 Å². The highest BCUT2D eigenvalue weighted by atomic mass is 19.4. The molecule has 1 aliphatic heterocycles. The van der Waals surface area contributed by atoms with E-state index < -0.39 is 11.7 Å². The van der Waals surface area contributed by atoms with Gasteiger partial charge in [0, 0.05) is 25.4 Å². The molecule has 0 radical (unpaired) electrons. The van der Waals surface area contributed by atoms with E-state index in [1.54, 1.807) is 0 Å². The third-order valence-electron chi connectivity index (χ3n) is 3.99. The fourth-order valence-electron chi connectivity index (χ4n) is 2.66. The summed E-state index contributed by atoms with van der Waals surface area (Å²) in [5, 5.41) is 3.95. The van der Waals surface area contributed by atoms with Crippen LogP contribution in [0.25, 0.3) is 0 Å². The number of rotatable bonds is 4. The molecule has 0 aliphatic carbocycles. The molecule has 0 bridgehead atoms. The van der Waals surface area contributed by atoms with Gasteiger partial charge in [-0.3, -0.25) is 5.43 Å². The summed E-state index contributed by atoms with van der Waals surface area (Å²) in [4.78, 5) is 5.90. The maximum Gasteiger partial charge on any atom is 0.417 e. The molecule has 1 fully saturated rings. The van der Waals surface area contributed by atoms with Gasteiger partial charge in [0.2, 0.25) is 0 Å². The molecule has 3 rings (SSSR count). The van der Waals surface area contributed by atoms with Crippen LogP contribution in [0, 0.1) is 0 Å². The van der Waals surface area contributed by atoms with Crippen LogP contribution in [0.2, 0.25) is 0 Å². The van der Waals surface area contributed by atoms with E-state index in [9.17, 15) is 13.2 Å².